The first kappa shape index (κ1) is 14.3. The van der Waals surface area contributed by atoms with Gasteiger partial charge in [-0.2, -0.15) is 26.7 Å². The third kappa shape index (κ3) is 5.41. The Morgan fingerprint density at radius 1 is 1.29 bits per heavy atom. The molecule has 96 valence electrons. The van der Waals surface area contributed by atoms with Gasteiger partial charge in [0.2, 0.25) is 17.2 Å². The van der Waals surface area contributed by atoms with E-state index in [1.807, 2.05) is 18.7 Å². The molecule has 1 atom stereocenters. The Labute approximate surface area is 111 Å². The van der Waals surface area contributed by atoms with Crippen molar-refractivity contribution in [1.29, 1.82) is 0 Å². The number of rotatable bonds is 7. The predicted octanol–water partition coefficient (Wildman–Crippen LogP) is 2.51. The van der Waals surface area contributed by atoms with E-state index < -0.39 is 0 Å². The number of hydrogen-bond donors (Lipinski definition) is 2. The topological polar surface area (TPSA) is 62.7 Å². The highest BCUT2D eigenvalue weighted by Crippen LogP contribution is 2.11. The van der Waals surface area contributed by atoms with Crippen molar-refractivity contribution in [1.82, 2.24) is 15.0 Å². The van der Waals surface area contributed by atoms with E-state index in [4.69, 9.17) is 11.6 Å². The third-order valence-corrected chi connectivity index (χ3v) is 2.89. The molecule has 0 spiro atoms. The molecule has 0 saturated carbocycles. The molecule has 17 heavy (non-hydrogen) atoms. The molecule has 5 nitrogen and oxygen atoms in total. The number of nitrogens with zero attached hydrogens (tertiary/aromatic N) is 3. The molecule has 1 aromatic rings. The molecule has 0 aliphatic carbocycles. The Hall–Kier alpha value is -0.750. The van der Waals surface area contributed by atoms with E-state index in [1.165, 1.54) is 0 Å². The second kappa shape index (κ2) is 7.55. The maximum absolute atomic E-state index is 5.83. The van der Waals surface area contributed by atoms with Crippen molar-refractivity contribution in [3.8, 4) is 0 Å². The minimum Gasteiger partial charge on any atom is -0.354 e. The number of thioether (sulfide) groups is 1. The van der Waals surface area contributed by atoms with Crippen molar-refractivity contribution in [2.24, 2.45) is 0 Å². The Morgan fingerprint density at radius 3 is 2.65 bits per heavy atom. The minimum absolute atomic E-state index is 0.204. The van der Waals surface area contributed by atoms with Gasteiger partial charge in [-0.25, -0.2) is 0 Å². The quantitative estimate of drug-likeness (QED) is 0.797. The molecular formula is C10H18ClN5S. The Bertz CT molecular complexity index is 349. The fourth-order valence-electron chi connectivity index (χ4n) is 1.24. The SMILES string of the molecule is CCNc1nc(Cl)nc(NC(C)CCSC)n1. The normalized spacial score (nSPS) is 12.2. The van der Waals surface area contributed by atoms with Crippen LogP contribution in [0.4, 0.5) is 11.9 Å². The summed E-state index contributed by atoms with van der Waals surface area (Å²) < 4.78 is 0. The zero-order chi connectivity index (χ0) is 12.7. The summed E-state index contributed by atoms with van der Waals surface area (Å²) in [7, 11) is 0. The van der Waals surface area contributed by atoms with E-state index >= 15 is 0 Å². The molecule has 0 aliphatic heterocycles. The van der Waals surface area contributed by atoms with Crippen molar-refractivity contribution in [2.75, 3.05) is 29.2 Å². The lowest BCUT2D eigenvalue weighted by Gasteiger charge is -2.13. The largest absolute Gasteiger partial charge is 0.354 e. The lowest BCUT2D eigenvalue weighted by molar-refractivity contribution is 0.758. The molecule has 0 saturated heterocycles. The number of hydrogen-bond acceptors (Lipinski definition) is 6. The third-order valence-electron chi connectivity index (χ3n) is 2.07. The number of aromatic nitrogens is 3. The summed E-state index contributed by atoms with van der Waals surface area (Å²) in [5.74, 6) is 2.13. The standard InChI is InChI=1S/C10H18ClN5S/c1-4-12-9-14-8(11)15-10(16-9)13-7(2)5-6-17-3/h7H,4-6H2,1-3H3,(H2,12,13,14,15,16). The van der Waals surface area contributed by atoms with Crippen LogP contribution in [0.2, 0.25) is 5.28 Å². The average Bonchev–Trinajstić information content (AvgIpc) is 2.26. The summed E-state index contributed by atoms with van der Waals surface area (Å²) in [4.78, 5) is 12.3. The van der Waals surface area contributed by atoms with Gasteiger partial charge in [0.1, 0.15) is 0 Å². The highest BCUT2D eigenvalue weighted by Gasteiger charge is 2.07. The number of halogens is 1. The van der Waals surface area contributed by atoms with E-state index in [9.17, 15) is 0 Å². The van der Waals surface area contributed by atoms with Crippen molar-refractivity contribution in [3.63, 3.8) is 0 Å². The summed E-state index contributed by atoms with van der Waals surface area (Å²) >= 11 is 7.65. The first-order valence-electron chi connectivity index (χ1n) is 5.56. The highest BCUT2D eigenvalue weighted by atomic mass is 35.5. The minimum atomic E-state index is 0.204. The van der Waals surface area contributed by atoms with Crippen LogP contribution in [0.3, 0.4) is 0 Å². The molecule has 1 heterocycles. The van der Waals surface area contributed by atoms with Crippen LogP contribution in [0.1, 0.15) is 20.3 Å². The lowest BCUT2D eigenvalue weighted by Crippen LogP contribution is -2.18. The van der Waals surface area contributed by atoms with Gasteiger partial charge in [-0.05, 0) is 43.9 Å². The number of anilines is 2. The average molecular weight is 276 g/mol. The van der Waals surface area contributed by atoms with Crippen molar-refractivity contribution in [2.45, 2.75) is 26.3 Å². The van der Waals surface area contributed by atoms with Crippen molar-refractivity contribution < 1.29 is 0 Å². The maximum Gasteiger partial charge on any atom is 0.229 e. The van der Waals surface area contributed by atoms with Gasteiger partial charge in [0.15, 0.2) is 0 Å². The van der Waals surface area contributed by atoms with Crippen LogP contribution in [0.15, 0.2) is 0 Å². The Balaban J connectivity index is 2.63. The Morgan fingerprint density at radius 2 is 2.00 bits per heavy atom. The zero-order valence-corrected chi connectivity index (χ0v) is 11.9. The summed E-state index contributed by atoms with van der Waals surface area (Å²) in [6.07, 6.45) is 3.15. The predicted molar refractivity (Wildman–Crippen MR) is 75.1 cm³/mol. The molecule has 0 aromatic carbocycles. The second-order valence-electron chi connectivity index (χ2n) is 3.61. The van der Waals surface area contributed by atoms with E-state index in [2.05, 4.69) is 38.8 Å². The van der Waals surface area contributed by atoms with Gasteiger partial charge in [-0.15, -0.1) is 0 Å². The Kier molecular flexibility index (Phi) is 6.36. The fourth-order valence-corrected chi connectivity index (χ4v) is 1.99. The van der Waals surface area contributed by atoms with Gasteiger partial charge in [-0.1, -0.05) is 0 Å². The molecular weight excluding hydrogens is 258 g/mol. The molecule has 1 aromatic heterocycles. The molecule has 1 unspecified atom stereocenters. The first-order chi connectivity index (χ1) is 8.15. The smallest absolute Gasteiger partial charge is 0.229 e. The van der Waals surface area contributed by atoms with Crippen LogP contribution < -0.4 is 10.6 Å². The molecule has 0 fully saturated rings. The zero-order valence-electron chi connectivity index (χ0n) is 10.3. The molecule has 7 heteroatoms. The summed E-state index contributed by atoms with van der Waals surface area (Å²) in [5, 5.41) is 6.43. The second-order valence-corrected chi connectivity index (χ2v) is 4.93. The van der Waals surface area contributed by atoms with Gasteiger partial charge < -0.3 is 10.6 Å². The summed E-state index contributed by atoms with van der Waals surface area (Å²) in [6.45, 7) is 4.83. The molecule has 0 aliphatic rings. The molecule has 2 N–H and O–H groups in total. The van der Waals surface area contributed by atoms with Crippen LogP contribution in [-0.2, 0) is 0 Å². The van der Waals surface area contributed by atoms with Gasteiger partial charge in [0.05, 0.1) is 0 Å². The summed E-state index contributed by atoms with van der Waals surface area (Å²) in [6, 6.07) is 0.315. The van der Waals surface area contributed by atoms with E-state index in [1.54, 1.807) is 0 Å². The highest BCUT2D eigenvalue weighted by molar-refractivity contribution is 7.98. The van der Waals surface area contributed by atoms with Gasteiger partial charge in [-0.3, -0.25) is 0 Å². The molecule has 1 rings (SSSR count). The van der Waals surface area contributed by atoms with E-state index in [0.717, 1.165) is 18.7 Å². The van der Waals surface area contributed by atoms with Gasteiger partial charge in [0, 0.05) is 12.6 Å². The van der Waals surface area contributed by atoms with Crippen LogP contribution in [0.5, 0.6) is 0 Å². The number of nitrogens with one attached hydrogen (secondary N) is 2. The summed E-state index contributed by atoms with van der Waals surface area (Å²) in [5.41, 5.74) is 0. The van der Waals surface area contributed by atoms with Crippen LogP contribution in [0, 0.1) is 0 Å². The van der Waals surface area contributed by atoms with Crippen LogP contribution >= 0.6 is 23.4 Å². The molecule has 0 bridgehead atoms. The maximum atomic E-state index is 5.83. The molecule has 0 radical (unpaired) electrons. The van der Waals surface area contributed by atoms with Gasteiger partial charge in [0.25, 0.3) is 0 Å². The van der Waals surface area contributed by atoms with Crippen molar-refractivity contribution in [3.05, 3.63) is 5.28 Å². The molecule has 0 amide bonds. The first-order valence-corrected chi connectivity index (χ1v) is 7.33. The van der Waals surface area contributed by atoms with Crippen LogP contribution in [-0.4, -0.2) is 39.5 Å². The monoisotopic (exact) mass is 275 g/mol. The van der Waals surface area contributed by atoms with Crippen LogP contribution in [0.25, 0.3) is 0 Å². The fraction of sp³-hybridized carbons (Fsp3) is 0.700. The van der Waals surface area contributed by atoms with E-state index in [0.29, 0.717) is 17.9 Å². The van der Waals surface area contributed by atoms with Crippen molar-refractivity contribution >= 4 is 35.3 Å². The lowest BCUT2D eigenvalue weighted by atomic mass is 10.3. The van der Waals surface area contributed by atoms with Gasteiger partial charge >= 0.3 is 0 Å². The van der Waals surface area contributed by atoms with E-state index in [-0.39, 0.29) is 5.28 Å².